The minimum atomic E-state index is -0.377. The number of ether oxygens (including phenoxy) is 1. The number of anilines is 1. The van der Waals surface area contributed by atoms with E-state index >= 15 is 0 Å². The van der Waals surface area contributed by atoms with Crippen molar-refractivity contribution in [3.63, 3.8) is 0 Å². The van der Waals surface area contributed by atoms with E-state index in [1.54, 1.807) is 0 Å². The molecule has 1 heterocycles. The number of aldehydes is 1. The van der Waals surface area contributed by atoms with E-state index in [0.29, 0.717) is 12.5 Å². The minimum absolute atomic E-state index is 0.345. The molecular weight excluding hydrogens is 444 g/mol. The van der Waals surface area contributed by atoms with Crippen LogP contribution in [0.4, 0.5) is 5.69 Å². The Hall–Kier alpha value is -2.82. The molecular formula is C29H33ClN2O2. The first-order valence-corrected chi connectivity index (χ1v) is 12.4. The van der Waals surface area contributed by atoms with Crippen molar-refractivity contribution < 1.29 is 9.53 Å². The SMILES string of the molecule is CC(C)C1=CC=C(CN2CCN(c3ccccc3Cl)CC2)C(C=O)C(OCc2ccccc2)=C1. The largest absolute Gasteiger partial charge is 0.492 e. The highest BCUT2D eigenvalue weighted by Crippen LogP contribution is 2.30. The summed E-state index contributed by atoms with van der Waals surface area (Å²) >= 11 is 6.40. The minimum Gasteiger partial charge on any atom is -0.492 e. The normalized spacial score (nSPS) is 19.2. The Morgan fingerprint density at radius 1 is 1.00 bits per heavy atom. The third-order valence-electron chi connectivity index (χ3n) is 6.53. The molecule has 178 valence electrons. The fourth-order valence-corrected chi connectivity index (χ4v) is 4.70. The average Bonchev–Trinajstić information content (AvgIpc) is 3.03. The van der Waals surface area contributed by atoms with Crippen LogP contribution in [0.1, 0.15) is 19.4 Å². The highest BCUT2D eigenvalue weighted by atomic mass is 35.5. The molecule has 0 radical (unpaired) electrons. The molecule has 4 rings (SSSR count). The summed E-state index contributed by atoms with van der Waals surface area (Å²) in [6, 6.07) is 18.1. The van der Waals surface area contributed by atoms with Crippen LogP contribution in [0.2, 0.25) is 5.02 Å². The summed E-state index contributed by atoms with van der Waals surface area (Å²) in [6.07, 6.45) is 7.37. The van der Waals surface area contributed by atoms with Gasteiger partial charge in [-0.05, 0) is 40.8 Å². The van der Waals surface area contributed by atoms with E-state index in [4.69, 9.17) is 16.3 Å². The van der Waals surface area contributed by atoms with Crippen LogP contribution in [0.25, 0.3) is 0 Å². The molecule has 0 aromatic heterocycles. The molecule has 1 fully saturated rings. The van der Waals surface area contributed by atoms with Crippen molar-refractivity contribution in [3.8, 4) is 0 Å². The molecule has 1 unspecified atom stereocenters. The lowest BCUT2D eigenvalue weighted by Crippen LogP contribution is -2.47. The average molecular weight is 477 g/mol. The third-order valence-corrected chi connectivity index (χ3v) is 6.85. The van der Waals surface area contributed by atoms with Crippen molar-refractivity contribution in [2.75, 3.05) is 37.6 Å². The Morgan fingerprint density at radius 3 is 2.38 bits per heavy atom. The maximum atomic E-state index is 12.3. The number of nitrogens with zero attached hydrogens (tertiary/aromatic N) is 2. The molecule has 0 N–H and O–H groups in total. The lowest BCUT2D eigenvalue weighted by atomic mass is 9.96. The van der Waals surface area contributed by atoms with Gasteiger partial charge in [0.15, 0.2) is 0 Å². The molecule has 0 spiro atoms. The second kappa shape index (κ2) is 11.5. The monoisotopic (exact) mass is 476 g/mol. The zero-order chi connectivity index (χ0) is 23.9. The van der Waals surface area contributed by atoms with Crippen LogP contribution in [-0.4, -0.2) is 43.9 Å². The van der Waals surface area contributed by atoms with E-state index in [9.17, 15) is 4.79 Å². The van der Waals surface area contributed by atoms with Gasteiger partial charge in [0.1, 0.15) is 18.7 Å². The van der Waals surface area contributed by atoms with E-state index in [2.05, 4.69) is 47.9 Å². The van der Waals surface area contributed by atoms with Crippen molar-refractivity contribution in [1.29, 1.82) is 0 Å². The molecule has 1 saturated heterocycles. The van der Waals surface area contributed by atoms with Crippen molar-refractivity contribution in [1.82, 2.24) is 4.90 Å². The Morgan fingerprint density at radius 2 is 1.71 bits per heavy atom. The Labute approximate surface area is 208 Å². The number of benzene rings is 2. The Balaban J connectivity index is 1.46. The second-order valence-corrected chi connectivity index (χ2v) is 9.62. The number of halogens is 1. The molecule has 2 aromatic carbocycles. The second-order valence-electron chi connectivity index (χ2n) is 9.21. The Kier molecular flexibility index (Phi) is 8.25. The molecule has 5 heteroatoms. The van der Waals surface area contributed by atoms with E-state index in [-0.39, 0.29) is 5.92 Å². The van der Waals surface area contributed by atoms with Gasteiger partial charge in [-0.25, -0.2) is 0 Å². The topological polar surface area (TPSA) is 32.8 Å². The lowest BCUT2D eigenvalue weighted by Gasteiger charge is -2.37. The maximum Gasteiger partial charge on any atom is 0.134 e. The number of hydrogen-bond donors (Lipinski definition) is 0. The van der Waals surface area contributed by atoms with Gasteiger partial charge in [0.2, 0.25) is 0 Å². The Bertz CT molecular complexity index is 1070. The molecule has 0 saturated carbocycles. The van der Waals surface area contributed by atoms with Crippen LogP contribution in [0.3, 0.4) is 0 Å². The number of allylic oxidation sites excluding steroid dienone is 5. The number of carbonyl (C=O) groups excluding carboxylic acids is 1. The summed E-state index contributed by atoms with van der Waals surface area (Å²) in [5.41, 5.74) is 4.44. The number of piperazine rings is 1. The van der Waals surface area contributed by atoms with Gasteiger partial charge in [0.25, 0.3) is 0 Å². The summed E-state index contributed by atoms with van der Waals surface area (Å²) in [6.45, 7) is 9.17. The highest BCUT2D eigenvalue weighted by molar-refractivity contribution is 6.33. The fraction of sp³-hybridized carbons (Fsp3) is 0.345. The molecule has 0 bridgehead atoms. The standard InChI is InChI=1S/C29H33ClN2O2/c1-22(2)24-12-13-25(26(20-33)29(18-24)34-21-23-8-4-3-5-9-23)19-31-14-16-32(17-15-31)28-11-7-6-10-27(28)30/h3-13,18,20,22,26H,14-17,19,21H2,1-2H3. The van der Waals surface area contributed by atoms with E-state index in [1.807, 2.05) is 48.5 Å². The van der Waals surface area contributed by atoms with Gasteiger partial charge >= 0.3 is 0 Å². The van der Waals surface area contributed by atoms with E-state index < -0.39 is 0 Å². The van der Waals surface area contributed by atoms with Crippen molar-refractivity contribution >= 4 is 23.6 Å². The molecule has 4 nitrogen and oxygen atoms in total. The smallest absolute Gasteiger partial charge is 0.134 e. The van der Waals surface area contributed by atoms with Crippen LogP contribution in [0.15, 0.2) is 89.7 Å². The summed E-state index contributed by atoms with van der Waals surface area (Å²) in [5, 5.41) is 0.792. The fourth-order valence-electron chi connectivity index (χ4n) is 4.44. The van der Waals surface area contributed by atoms with Crippen LogP contribution in [0.5, 0.6) is 0 Å². The molecule has 2 aromatic rings. The van der Waals surface area contributed by atoms with Gasteiger partial charge < -0.3 is 14.4 Å². The maximum absolute atomic E-state index is 12.3. The first kappa shape index (κ1) is 24.3. The number of hydrogen-bond acceptors (Lipinski definition) is 4. The van der Waals surface area contributed by atoms with Gasteiger partial charge in [-0.15, -0.1) is 0 Å². The molecule has 1 aliphatic heterocycles. The predicted octanol–water partition coefficient (Wildman–Crippen LogP) is 5.90. The van der Waals surface area contributed by atoms with Gasteiger partial charge in [0.05, 0.1) is 16.6 Å². The van der Waals surface area contributed by atoms with Crippen molar-refractivity contribution in [3.05, 3.63) is 100 Å². The number of para-hydroxylation sites is 1. The summed E-state index contributed by atoms with van der Waals surface area (Å²) in [7, 11) is 0. The van der Waals surface area contributed by atoms with Crippen molar-refractivity contribution in [2.24, 2.45) is 11.8 Å². The first-order chi connectivity index (χ1) is 16.5. The first-order valence-electron chi connectivity index (χ1n) is 12.0. The van der Waals surface area contributed by atoms with Crippen LogP contribution >= 0.6 is 11.6 Å². The van der Waals surface area contributed by atoms with Gasteiger partial charge in [-0.3, -0.25) is 4.90 Å². The number of rotatable bonds is 8. The lowest BCUT2D eigenvalue weighted by molar-refractivity contribution is -0.110. The molecule has 0 amide bonds. The third kappa shape index (κ3) is 5.99. The quantitative estimate of drug-likeness (QED) is 0.444. The van der Waals surface area contributed by atoms with E-state index in [0.717, 1.165) is 66.6 Å². The van der Waals surface area contributed by atoms with Gasteiger partial charge in [0, 0.05) is 32.7 Å². The summed E-state index contributed by atoms with van der Waals surface area (Å²) in [5.74, 6) is 0.701. The predicted molar refractivity (Wildman–Crippen MR) is 140 cm³/mol. The van der Waals surface area contributed by atoms with Gasteiger partial charge in [-0.2, -0.15) is 0 Å². The zero-order valence-corrected chi connectivity index (χ0v) is 20.7. The molecule has 1 aliphatic carbocycles. The molecule has 2 aliphatic rings. The van der Waals surface area contributed by atoms with Crippen LogP contribution in [-0.2, 0) is 16.1 Å². The van der Waals surface area contributed by atoms with E-state index in [1.165, 1.54) is 5.57 Å². The highest BCUT2D eigenvalue weighted by Gasteiger charge is 2.26. The van der Waals surface area contributed by atoms with Gasteiger partial charge in [-0.1, -0.05) is 80.1 Å². The molecule has 34 heavy (non-hydrogen) atoms. The molecule has 1 atom stereocenters. The zero-order valence-electron chi connectivity index (χ0n) is 20.0. The summed E-state index contributed by atoms with van der Waals surface area (Å²) in [4.78, 5) is 17.1. The van der Waals surface area contributed by atoms with Crippen molar-refractivity contribution in [2.45, 2.75) is 20.5 Å². The van der Waals surface area contributed by atoms with Crippen LogP contribution < -0.4 is 4.90 Å². The summed E-state index contributed by atoms with van der Waals surface area (Å²) < 4.78 is 6.25. The number of carbonyl (C=O) groups is 1. The van der Waals surface area contributed by atoms with Crippen LogP contribution in [0, 0.1) is 11.8 Å².